The molecular weight excluding hydrogens is 225 g/mol. The molecule has 1 rings (SSSR count). The number of nitrogens with one attached hydrogen (secondary N) is 1. The van der Waals surface area contributed by atoms with Crippen LogP contribution in [-0.4, -0.2) is 51.5 Å². The van der Waals surface area contributed by atoms with Crippen LogP contribution < -0.4 is 5.32 Å². The number of carboxylic acids is 1. The van der Waals surface area contributed by atoms with Crippen LogP contribution in [-0.2, 0) is 4.79 Å². The molecule has 0 aliphatic carbocycles. The topological polar surface area (TPSA) is 110 Å². The van der Waals surface area contributed by atoms with Gasteiger partial charge in [0.2, 0.25) is 0 Å². The highest BCUT2D eigenvalue weighted by molar-refractivity contribution is 6.40. The van der Waals surface area contributed by atoms with Gasteiger partial charge in [-0.1, -0.05) is 13.3 Å². The van der Waals surface area contributed by atoms with Gasteiger partial charge < -0.3 is 20.3 Å². The van der Waals surface area contributed by atoms with Crippen molar-refractivity contribution in [3.63, 3.8) is 0 Å². The van der Waals surface area contributed by atoms with Crippen molar-refractivity contribution in [1.29, 1.82) is 0 Å². The van der Waals surface area contributed by atoms with Gasteiger partial charge in [-0.3, -0.25) is 10.1 Å². The number of aliphatic carboxylic acids is 1. The summed E-state index contributed by atoms with van der Waals surface area (Å²) in [6, 6.07) is -1.08. The van der Waals surface area contributed by atoms with Crippen LogP contribution >= 0.6 is 0 Å². The molecule has 0 unspecified atom stereocenters. The molecule has 1 saturated heterocycles. The molecule has 7 heteroatoms. The van der Waals surface area contributed by atoms with Crippen LogP contribution in [0.15, 0.2) is 0 Å². The van der Waals surface area contributed by atoms with Crippen LogP contribution in [0.1, 0.15) is 26.7 Å². The summed E-state index contributed by atoms with van der Waals surface area (Å²) in [5.74, 6) is -0.986. The van der Waals surface area contributed by atoms with Gasteiger partial charge in [0.15, 0.2) is 0 Å². The normalized spacial score (nSPS) is 37.1. The molecule has 1 aliphatic rings. The summed E-state index contributed by atoms with van der Waals surface area (Å²) in [4.78, 5) is 11.1. The average molecular weight is 245 g/mol. The van der Waals surface area contributed by atoms with E-state index in [9.17, 15) is 9.90 Å². The summed E-state index contributed by atoms with van der Waals surface area (Å²) in [6.45, 7) is 3.46. The molecule has 17 heavy (non-hydrogen) atoms. The number of hydrogen-bond acceptors (Lipinski definition) is 5. The van der Waals surface area contributed by atoms with E-state index in [1.165, 1.54) is 0 Å². The Hall–Kier alpha value is -0.625. The van der Waals surface area contributed by atoms with Crippen LogP contribution in [0.2, 0.25) is 6.32 Å². The number of aliphatic hydroxyl groups is 1. The van der Waals surface area contributed by atoms with E-state index >= 15 is 0 Å². The van der Waals surface area contributed by atoms with Gasteiger partial charge in [-0.2, -0.15) is 0 Å². The average Bonchev–Trinajstić information content (AvgIpc) is 2.43. The molecule has 0 bridgehead atoms. The van der Waals surface area contributed by atoms with Gasteiger partial charge in [0.1, 0.15) is 6.04 Å². The van der Waals surface area contributed by atoms with Gasteiger partial charge in [-0.05, 0) is 19.7 Å². The summed E-state index contributed by atoms with van der Waals surface area (Å²) in [6.07, 6.45) is 0.325. The third kappa shape index (κ3) is 2.98. The first-order chi connectivity index (χ1) is 7.79. The molecule has 98 valence electrons. The maximum atomic E-state index is 11.1. The quantitative estimate of drug-likeness (QED) is 0.399. The molecule has 0 aromatic heterocycles. The van der Waals surface area contributed by atoms with Gasteiger partial charge in [0.05, 0.1) is 6.10 Å². The van der Waals surface area contributed by atoms with Crippen LogP contribution in [0.4, 0.5) is 0 Å². The second kappa shape index (κ2) is 5.35. The molecule has 0 aromatic rings. The lowest BCUT2D eigenvalue weighted by molar-refractivity contribution is -0.143. The minimum Gasteiger partial charge on any atom is -0.480 e. The van der Waals surface area contributed by atoms with E-state index in [1.54, 1.807) is 13.8 Å². The smallest absolute Gasteiger partial charge is 0.451 e. The number of carboxylic acid groups (broad SMARTS) is 1. The van der Waals surface area contributed by atoms with Gasteiger partial charge in [0, 0.05) is 11.5 Å². The predicted molar refractivity (Wildman–Crippen MR) is 62.4 cm³/mol. The van der Waals surface area contributed by atoms with Crippen LogP contribution in [0.5, 0.6) is 0 Å². The van der Waals surface area contributed by atoms with E-state index in [0.29, 0.717) is 12.8 Å². The van der Waals surface area contributed by atoms with Crippen molar-refractivity contribution in [2.24, 2.45) is 5.41 Å². The Morgan fingerprint density at radius 2 is 2.06 bits per heavy atom. The van der Waals surface area contributed by atoms with Crippen molar-refractivity contribution in [3.05, 3.63) is 0 Å². The second-order valence-electron chi connectivity index (χ2n) is 5.05. The molecule has 1 fully saturated rings. The van der Waals surface area contributed by atoms with Crippen LogP contribution in [0.25, 0.3) is 0 Å². The van der Waals surface area contributed by atoms with Crippen LogP contribution in [0, 0.1) is 5.41 Å². The van der Waals surface area contributed by atoms with E-state index in [1.807, 2.05) is 0 Å². The van der Waals surface area contributed by atoms with Gasteiger partial charge in [-0.15, -0.1) is 0 Å². The summed E-state index contributed by atoms with van der Waals surface area (Å²) >= 11 is 0. The second-order valence-corrected chi connectivity index (χ2v) is 5.05. The third-order valence-corrected chi connectivity index (χ3v) is 3.66. The van der Waals surface area contributed by atoms with E-state index < -0.39 is 30.6 Å². The Bertz CT molecular complexity index is 288. The highest BCUT2D eigenvalue weighted by Gasteiger charge is 2.52. The summed E-state index contributed by atoms with van der Waals surface area (Å²) < 4.78 is 0. The zero-order valence-corrected chi connectivity index (χ0v) is 10.1. The van der Waals surface area contributed by atoms with E-state index in [-0.39, 0.29) is 12.4 Å². The fourth-order valence-corrected chi connectivity index (χ4v) is 2.60. The molecule has 0 amide bonds. The van der Waals surface area contributed by atoms with Crippen molar-refractivity contribution in [2.75, 3.05) is 0 Å². The number of aliphatic hydroxyl groups excluding tert-OH is 1. The van der Waals surface area contributed by atoms with E-state index in [4.69, 9.17) is 15.2 Å². The first kappa shape index (κ1) is 14.4. The van der Waals surface area contributed by atoms with E-state index in [2.05, 4.69) is 5.32 Å². The first-order valence-corrected chi connectivity index (χ1v) is 5.82. The molecular formula is C10H20BNO5. The van der Waals surface area contributed by atoms with Crippen molar-refractivity contribution >= 4 is 13.1 Å². The molecule has 0 saturated carbocycles. The summed E-state index contributed by atoms with van der Waals surface area (Å²) in [7, 11) is -1.38. The molecule has 0 aromatic carbocycles. The number of hydrogen-bond donors (Lipinski definition) is 5. The standard InChI is InChI=1S/C10H20BNO5/c1-6-8(13)10(2,4-3-5-11(16)17)7(12-6)9(14)15/h6-8,12-13,16-17H,3-5H2,1-2H3,(H,14,15)/t6-,7-,8+,10+/m1/s1. The van der Waals surface area contributed by atoms with Crippen molar-refractivity contribution in [1.82, 2.24) is 5.32 Å². The lowest BCUT2D eigenvalue weighted by Gasteiger charge is -2.31. The maximum absolute atomic E-state index is 11.1. The van der Waals surface area contributed by atoms with E-state index in [0.717, 1.165) is 0 Å². The third-order valence-electron chi connectivity index (χ3n) is 3.66. The molecule has 4 atom stereocenters. The Morgan fingerprint density at radius 1 is 1.47 bits per heavy atom. The fraction of sp³-hybridized carbons (Fsp3) is 0.900. The zero-order chi connectivity index (χ0) is 13.2. The Labute approximate surface area is 101 Å². The predicted octanol–water partition coefficient (Wildman–Crippen LogP) is -0.948. The van der Waals surface area contributed by atoms with Crippen LogP contribution in [0.3, 0.4) is 0 Å². The van der Waals surface area contributed by atoms with Crippen molar-refractivity contribution in [2.45, 2.75) is 51.2 Å². The number of carbonyl (C=O) groups is 1. The first-order valence-electron chi connectivity index (χ1n) is 5.82. The van der Waals surface area contributed by atoms with Gasteiger partial charge >= 0.3 is 13.1 Å². The monoisotopic (exact) mass is 245 g/mol. The summed E-state index contributed by atoms with van der Waals surface area (Å²) in [5.41, 5.74) is -0.778. The molecule has 0 radical (unpaired) electrons. The van der Waals surface area contributed by atoms with Crippen molar-refractivity contribution in [3.8, 4) is 0 Å². The molecule has 1 aliphatic heterocycles. The van der Waals surface area contributed by atoms with Gasteiger partial charge in [-0.25, -0.2) is 0 Å². The SMILES string of the molecule is C[C@H]1N[C@H](C(=O)O)[C@](C)(CCCB(O)O)[C@H]1O. The largest absolute Gasteiger partial charge is 0.480 e. The van der Waals surface area contributed by atoms with Gasteiger partial charge in [0.25, 0.3) is 0 Å². The fourth-order valence-electron chi connectivity index (χ4n) is 2.60. The molecule has 6 nitrogen and oxygen atoms in total. The highest BCUT2D eigenvalue weighted by atomic mass is 16.4. The summed E-state index contributed by atoms with van der Waals surface area (Å²) in [5, 5.41) is 39.6. The van der Waals surface area contributed by atoms with Crippen molar-refractivity contribution < 1.29 is 25.1 Å². The minimum atomic E-state index is -1.38. The Kier molecular flexibility index (Phi) is 4.54. The highest BCUT2D eigenvalue weighted by Crippen LogP contribution is 2.39. The lowest BCUT2D eigenvalue weighted by Crippen LogP contribution is -2.44. The molecule has 5 N–H and O–H groups in total. The minimum absolute atomic E-state index is 0.184. The maximum Gasteiger partial charge on any atom is 0.451 e. The Balaban J connectivity index is 2.70. The Morgan fingerprint density at radius 3 is 2.53 bits per heavy atom. The zero-order valence-electron chi connectivity index (χ0n) is 10.1. The lowest BCUT2D eigenvalue weighted by atomic mass is 9.72. The number of rotatable bonds is 5. The molecule has 1 heterocycles. The molecule has 0 spiro atoms.